The van der Waals surface area contributed by atoms with Gasteiger partial charge in [0, 0.05) is 12.8 Å². The second-order valence-electron chi connectivity index (χ2n) is 6.35. The van der Waals surface area contributed by atoms with E-state index in [1.54, 1.807) is 0 Å². The van der Waals surface area contributed by atoms with Crippen LogP contribution in [0.25, 0.3) is 0 Å². The number of aromatic nitrogens is 2. The molecule has 3 aliphatic rings. The average molecular weight is 299 g/mol. The second-order valence-corrected chi connectivity index (χ2v) is 7.96. The van der Waals surface area contributed by atoms with Gasteiger partial charge in [-0.3, -0.25) is 0 Å². The van der Waals surface area contributed by atoms with Crippen molar-refractivity contribution in [3.63, 3.8) is 0 Å². The molecule has 1 aromatic heterocycles. The Morgan fingerprint density at radius 2 is 2.11 bits per heavy atom. The lowest BCUT2D eigenvalue weighted by molar-refractivity contribution is -0.926. The van der Waals surface area contributed by atoms with E-state index >= 15 is 0 Å². The molecular weight excluding hydrogens is 274 g/mol. The Morgan fingerprint density at radius 3 is 2.79 bits per heavy atom. The van der Waals surface area contributed by atoms with E-state index in [1.165, 1.54) is 78.0 Å². The maximum Gasteiger partial charge on any atom is 0.134 e. The van der Waals surface area contributed by atoms with E-state index in [1.807, 2.05) is 11.8 Å². The molecule has 0 N–H and O–H groups in total. The normalized spacial score (nSPS) is 33.8. The summed E-state index contributed by atoms with van der Waals surface area (Å²) in [6, 6.07) is 0. The van der Waals surface area contributed by atoms with Gasteiger partial charge >= 0.3 is 0 Å². The summed E-state index contributed by atoms with van der Waals surface area (Å²) in [5, 5.41) is 1.24. The molecule has 0 radical (unpaired) electrons. The van der Waals surface area contributed by atoms with Crippen LogP contribution in [0, 0.1) is 5.92 Å². The third kappa shape index (κ3) is 2.83. The molecule has 3 aliphatic heterocycles. The van der Waals surface area contributed by atoms with Crippen LogP contribution in [0.3, 0.4) is 0 Å². The molecular formula is C14H24N3S2+. The topological polar surface area (TPSA) is 25.8 Å². The number of likely N-dealkylation sites (N-methyl/N-ethyl adjacent to an activating group) is 1. The smallest absolute Gasteiger partial charge is 0.134 e. The number of hydrogen-bond acceptors (Lipinski definition) is 4. The van der Waals surface area contributed by atoms with Gasteiger partial charge in [0.25, 0.3) is 0 Å². The summed E-state index contributed by atoms with van der Waals surface area (Å²) in [6.45, 7) is 6.28. The number of hydrogen-bond donors (Lipinski definition) is 0. The fourth-order valence-electron chi connectivity index (χ4n) is 3.56. The van der Waals surface area contributed by atoms with Gasteiger partial charge in [-0.05, 0) is 18.1 Å². The van der Waals surface area contributed by atoms with Gasteiger partial charge in [-0.25, -0.2) is 0 Å². The monoisotopic (exact) mass is 298 g/mol. The van der Waals surface area contributed by atoms with Crippen molar-refractivity contribution in [3.05, 3.63) is 5.69 Å². The van der Waals surface area contributed by atoms with E-state index in [2.05, 4.69) is 22.7 Å². The molecule has 0 aromatic carbocycles. The Morgan fingerprint density at radius 1 is 1.32 bits per heavy atom. The number of nitrogens with zero attached hydrogens (tertiary/aromatic N) is 3. The number of rotatable bonds is 5. The van der Waals surface area contributed by atoms with Crippen molar-refractivity contribution in [1.82, 2.24) is 8.75 Å². The highest BCUT2D eigenvalue weighted by molar-refractivity contribution is 7.99. The molecule has 1 atom stereocenters. The molecule has 5 heteroatoms. The Labute approximate surface area is 124 Å². The predicted octanol–water partition coefficient (Wildman–Crippen LogP) is 3.38. The van der Waals surface area contributed by atoms with Gasteiger partial charge in [0.15, 0.2) is 0 Å². The van der Waals surface area contributed by atoms with E-state index in [0.717, 1.165) is 5.92 Å². The zero-order valence-corrected chi connectivity index (χ0v) is 13.6. The summed E-state index contributed by atoms with van der Waals surface area (Å²) >= 11 is 3.34. The van der Waals surface area contributed by atoms with E-state index in [4.69, 9.17) is 0 Å². The number of fused-ring (bicyclic) bond motifs is 3. The minimum absolute atomic E-state index is 0.676. The summed E-state index contributed by atoms with van der Waals surface area (Å²) in [5.41, 5.74) is 1.33. The van der Waals surface area contributed by atoms with Crippen LogP contribution < -0.4 is 0 Å². The Bertz CT molecular complexity index is 424. The van der Waals surface area contributed by atoms with Crippen LogP contribution in [0.5, 0.6) is 0 Å². The molecule has 4 rings (SSSR count). The molecule has 3 fully saturated rings. The summed E-state index contributed by atoms with van der Waals surface area (Å²) in [7, 11) is 2.42. The van der Waals surface area contributed by atoms with Crippen molar-refractivity contribution in [1.29, 1.82) is 0 Å². The predicted molar refractivity (Wildman–Crippen MR) is 81.8 cm³/mol. The largest absolute Gasteiger partial charge is 0.325 e. The van der Waals surface area contributed by atoms with Gasteiger partial charge in [-0.15, -0.1) is 11.8 Å². The molecule has 1 unspecified atom stereocenters. The SMILES string of the molecule is CCCCSc1nsnc1C1C[N+]2(C)CCC1CC2. The minimum Gasteiger partial charge on any atom is -0.325 e. The lowest BCUT2D eigenvalue weighted by atomic mass is 9.76. The highest BCUT2D eigenvalue weighted by Gasteiger charge is 2.45. The molecule has 0 spiro atoms. The molecule has 0 amide bonds. The van der Waals surface area contributed by atoms with E-state index in [0.29, 0.717) is 5.92 Å². The van der Waals surface area contributed by atoms with Crippen LogP contribution >= 0.6 is 23.5 Å². The maximum absolute atomic E-state index is 4.67. The van der Waals surface area contributed by atoms with Gasteiger partial charge in [0.2, 0.25) is 0 Å². The number of unbranched alkanes of at least 4 members (excludes halogenated alkanes) is 1. The minimum atomic E-state index is 0.676. The zero-order valence-electron chi connectivity index (χ0n) is 12.0. The third-order valence-corrected chi connectivity index (χ3v) is 6.58. The van der Waals surface area contributed by atoms with Crippen LogP contribution in [-0.4, -0.2) is 45.7 Å². The number of thioether (sulfide) groups is 1. The second kappa shape index (κ2) is 5.70. The van der Waals surface area contributed by atoms with Gasteiger partial charge in [-0.1, -0.05) is 13.3 Å². The lowest BCUT2D eigenvalue weighted by Crippen LogP contribution is -2.58. The first-order valence-electron chi connectivity index (χ1n) is 7.50. The Balaban J connectivity index is 1.74. The quantitative estimate of drug-likeness (QED) is 0.473. The van der Waals surface area contributed by atoms with Gasteiger partial charge in [0.05, 0.1) is 50.0 Å². The number of quaternary nitrogens is 1. The standard InChI is InChI=1S/C14H24N3S2/c1-3-4-9-18-14-13(15-19-16-14)12-10-17(2)7-5-11(12)6-8-17/h11-12H,3-10H2,1-2H3/q+1. The van der Waals surface area contributed by atoms with Crippen LogP contribution in [-0.2, 0) is 0 Å². The first-order valence-corrected chi connectivity index (χ1v) is 9.22. The van der Waals surface area contributed by atoms with Crippen molar-refractivity contribution < 1.29 is 4.48 Å². The molecule has 3 nitrogen and oxygen atoms in total. The molecule has 0 saturated carbocycles. The van der Waals surface area contributed by atoms with Gasteiger partial charge in [-0.2, -0.15) is 8.75 Å². The molecule has 0 aliphatic carbocycles. The van der Waals surface area contributed by atoms with Crippen LogP contribution in [0.15, 0.2) is 5.03 Å². The molecule has 3 saturated heterocycles. The van der Waals surface area contributed by atoms with Crippen molar-refractivity contribution in [3.8, 4) is 0 Å². The van der Waals surface area contributed by atoms with Crippen LogP contribution in [0.1, 0.15) is 44.2 Å². The fraction of sp³-hybridized carbons (Fsp3) is 0.857. The van der Waals surface area contributed by atoms with Gasteiger partial charge < -0.3 is 4.48 Å². The first kappa shape index (κ1) is 13.8. The van der Waals surface area contributed by atoms with Crippen molar-refractivity contribution in [2.75, 3.05) is 32.4 Å². The maximum atomic E-state index is 4.67. The van der Waals surface area contributed by atoms with Crippen LogP contribution in [0.2, 0.25) is 0 Å². The van der Waals surface area contributed by atoms with Crippen molar-refractivity contribution in [2.45, 2.75) is 43.6 Å². The molecule has 19 heavy (non-hydrogen) atoms. The molecule has 4 heterocycles. The highest BCUT2D eigenvalue weighted by Crippen LogP contribution is 2.44. The first-order chi connectivity index (χ1) is 9.22. The molecule has 1 aromatic rings. The van der Waals surface area contributed by atoms with E-state index < -0.39 is 0 Å². The zero-order chi connectivity index (χ0) is 13.3. The van der Waals surface area contributed by atoms with Gasteiger partial charge in [0.1, 0.15) is 5.03 Å². The lowest BCUT2D eigenvalue weighted by Gasteiger charge is -2.50. The molecule has 2 bridgehead atoms. The Kier molecular flexibility index (Phi) is 4.15. The van der Waals surface area contributed by atoms with Crippen molar-refractivity contribution >= 4 is 23.5 Å². The van der Waals surface area contributed by atoms with Crippen LogP contribution in [0.4, 0.5) is 0 Å². The Hall–Kier alpha value is -0.130. The van der Waals surface area contributed by atoms with Crippen molar-refractivity contribution in [2.24, 2.45) is 5.92 Å². The summed E-state index contributed by atoms with van der Waals surface area (Å²) < 4.78 is 10.5. The third-order valence-electron chi connectivity index (χ3n) is 4.86. The average Bonchev–Trinajstić information content (AvgIpc) is 2.87. The number of piperidine rings is 3. The summed E-state index contributed by atoms with van der Waals surface area (Å²) in [5.74, 6) is 2.74. The van der Waals surface area contributed by atoms with E-state index in [9.17, 15) is 0 Å². The summed E-state index contributed by atoms with van der Waals surface area (Å²) in [4.78, 5) is 0. The summed E-state index contributed by atoms with van der Waals surface area (Å²) in [6.07, 6.45) is 5.32. The fourth-order valence-corrected chi connectivity index (χ4v) is 5.42. The highest BCUT2D eigenvalue weighted by atomic mass is 32.2. The molecule has 106 valence electrons. The van der Waals surface area contributed by atoms with E-state index in [-0.39, 0.29) is 0 Å².